The quantitative estimate of drug-likeness (QED) is 0.486. The van der Waals surface area contributed by atoms with Gasteiger partial charge in [-0.3, -0.25) is 0 Å². The van der Waals surface area contributed by atoms with Gasteiger partial charge in [0.1, 0.15) is 30.2 Å². The van der Waals surface area contributed by atoms with E-state index in [1.54, 1.807) is 0 Å². The summed E-state index contributed by atoms with van der Waals surface area (Å²) in [4.78, 5) is 15.3. The molecule has 0 saturated carbocycles. The molecule has 4 atom stereocenters. The van der Waals surface area contributed by atoms with Crippen LogP contribution < -0.4 is 0 Å². The SMILES string of the molecule is O=[N+]([O-])c1ncc([C@@H]2O[C@H](CO)[C@@H](O)[C@H]2F)[nH]1. The number of alkyl halides is 1. The van der Waals surface area contributed by atoms with E-state index in [1.165, 1.54) is 0 Å². The van der Waals surface area contributed by atoms with E-state index >= 15 is 0 Å². The van der Waals surface area contributed by atoms with Crippen molar-refractivity contribution in [2.45, 2.75) is 24.5 Å². The van der Waals surface area contributed by atoms with Crippen LogP contribution in [0.2, 0.25) is 0 Å². The van der Waals surface area contributed by atoms with Crippen LogP contribution in [0.5, 0.6) is 0 Å². The van der Waals surface area contributed by atoms with Gasteiger partial charge in [-0.05, 0) is 4.92 Å². The summed E-state index contributed by atoms with van der Waals surface area (Å²) >= 11 is 0. The van der Waals surface area contributed by atoms with Gasteiger partial charge < -0.3 is 25.1 Å². The third-order valence-corrected chi connectivity index (χ3v) is 2.56. The van der Waals surface area contributed by atoms with Gasteiger partial charge in [0.2, 0.25) is 0 Å². The molecule has 1 fully saturated rings. The third kappa shape index (κ3) is 1.99. The monoisotopic (exact) mass is 247 g/mol. The van der Waals surface area contributed by atoms with Crippen LogP contribution in [0, 0.1) is 10.1 Å². The number of hydrogen-bond acceptors (Lipinski definition) is 6. The van der Waals surface area contributed by atoms with Gasteiger partial charge in [0, 0.05) is 0 Å². The number of nitrogens with one attached hydrogen (secondary N) is 1. The first-order valence-corrected chi connectivity index (χ1v) is 4.82. The fraction of sp³-hybridized carbons (Fsp3) is 0.625. The summed E-state index contributed by atoms with van der Waals surface area (Å²) in [6.45, 7) is -0.533. The van der Waals surface area contributed by atoms with Crippen molar-refractivity contribution in [2.24, 2.45) is 0 Å². The number of rotatable bonds is 3. The lowest BCUT2D eigenvalue weighted by Crippen LogP contribution is -2.30. The minimum Gasteiger partial charge on any atom is -0.394 e. The van der Waals surface area contributed by atoms with Gasteiger partial charge in [0.05, 0.1) is 6.61 Å². The summed E-state index contributed by atoms with van der Waals surface area (Å²) < 4.78 is 18.7. The maximum absolute atomic E-state index is 13.6. The predicted octanol–water partition coefficient (Wildman–Crippen LogP) is -0.551. The summed E-state index contributed by atoms with van der Waals surface area (Å²) in [5.41, 5.74) is 0.0548. The molecule has 0 aliphatic carbocycles. The number of aliphatic hydroxyl groups excluding tert-OH is 2. The predicted molar refractivity (Wildman–Crippen MR) is 50.8 cm³/mol. The van der Waals surface area contributed by atoms with Crippen LogP contribution in [-0.2, 0) is 4.74 Å². The Kier molecular flexibility index (Phi) is 3.05. The molecule has 0 amide bonds. The Hall–Kier alpha value is -1.58. The van der Waals surface area contributed by atoms with E-state index in [0.29, 0.717) is 0 Å². The molecule has 0 aromatic carbocycles. The number of aromatic amines is 1. The number of halogens is 1. The highest BCUT2D eigenvalue weighted by Crippen LogP contribution is 2.35. The highest BCUT2D eigenvalue weighted by atomic mass is 19.1. The molecule has 2 rings (SSSR count). The average molecular weight is 247 g/mol. The molecule has 0 spiro atoms. The largest absolute Gasteiger partial charge is 0.432 e. The van der Waals surface area contributed by atoms with Crippen molar-refractivity contribution in [3.63, 3.8) is 0 Å². The zero-order valence-electron chi connectivity index (χ0n) is 8.49. The van der Waals surface area contributed by atoms with E-state index in [2.05, 4.69) is 9.97 Å². The molecular formula is C8H10FN3O5. The standard InChI is InChI=1S/C8H10FN3O5/c9-5-6(14)4(2-13)17-7(5)3-1-10-8(11-3)12(15)16/h1,4-7,13-14H,2H2,(H,10,11)/t4-,5-,6-,7+/m1/s1. The van der Waals surface area contributed by atoms with Crippen LogP contribution in [0.4, 0.5) is 10.3 Å². The number of ether oxygens (including phenoxy) is 1. The number of nitrogens with zero attached hydrogens (tertiary/aromatic N) is 2. The Bertz CT molecular complexity index is 425. The first-order chi connectivity index (χ1) is 8.04. The van der Waals surface area contributed by atoms with E-state index in [0.717, 1.165) is 6.20 Å². The Balaban J connectivity index is 2.19. The Morgan fingerprint density at radius 1 is 1.71 bits per heavy atom. The summed E-state index contributed by atoms with van der Waals surface area (Å²) in [5, 5.41) is 28.6. The van der Waals surface area contributed by atoms with Gasteiger partial charge in [-0.25, -0.2) is 9.37 Å². The van der Waals surface area contributed by atoms with Crippen molar-refractivity contribution < 1.29 is 24.3 Å². The van der Waals surface area contributed by atoms with E-state index in [4.69, 9.17) is 9.84 Å². The fourth-order valence-electron chi connectivity index (χ4n) is 1.69. The fourth-order valence-corrected chi connectivity index (χ4v) is 1.69. The van der Waals surface area contributed by atoms with Crippen molar-refractivity contribution in [1.82, 2.24) is 9.97 Å². The average Bonchev–Trinajstić information content (AvgIpc) is 2.87. The second-order valence-electron chi connectivity index (χ2n) is 3.63. The lowest BCUT2D eigenvalue weighted by Gasteiger charge is -2.08. The van der Waals surface area contributed by atoms with Crippen molar-refractivity contribution in [3.8, 4) is 0 Å². The molecule has 1 aromatic rings. The zero-order chi connectivity index (χ0) is 12.6. The first kappa shape index (κ1) is 11.9. The maximum Gasteiger partial charge on any atom is 0.432 e. The molecule has 1 aromatic heterocycles. The van der Waals surface area contributed by atoms with Gasteiger partial charge in [0.15, 0.2) is 6.17 Å². The number of aromatic nitrogens is 2. The molecule has 3 N–H and O–H groups in total. The number of imidazole rings is 1. The molecule has 0 bridgehead atoms. The second-order valence-corrected chi connectivity index (χ2v) is 3.63. The van der Waals surface area contributed by atoms with Crippen LogP contribution in [-0.4, -0.2) is 50.1 Å². The minimum absolute atomic E-state index is 0.0548. The Morgan fingerprint density at radius 3 is 2.88 bits per heavy atom. The van der Waals surface area contributed by atoms with Gasteiger partial charge in [-0.15, -0.1) is 0 Å². The smallest absolute Gasteiger partial charge is 0.394 e. The summed E-state index contributed by atoms with van der Waals surface area (Å²) in [6.07, 6.45) is -4.40. The molecule has 94 valence electrons. The maximum atomic E-state index is 13.6. The molecule has 8 nitrogen and oxygen atoms in total. The number of hydrogen-bond donors (Lipinski definition) is 3. The van der Waals surface area contributed by atoms with Crippen LogP contribution >= 0.6 is 0 Å². The molecule has 1 saturated heterocycles. The van der Waals surface area contributed by atoms with Crippen molar-refractivity contribution in [1.29, 1.82) is 0 Å². The summed E-state index contributed by atoms with van der Waals surface area (Å²) in [6, 6.07) is 0. The molecular weight excluding hydrogens is 237 g/mol. The van der Waals surface area contributed by atoms with E-state index < -0.39 is 42.0 Å². The highest BCUT2D eigenvalue weighted by Gasteiger charge is 2.46. The van der Waals surface area contributed by atoms with Gasteiger partial charge in [-0.1, -0.05) is 4.98 Å². The van der Waals surface area contributed by atoms with Gasteiger partial charge >= 0.3 is 5.95 Å². The molecule has 2 heterocycles. The number of H-pyrrole nitrogens is 1. The first-order valence-electron chi connectivity index (χ1n) is 4.82. The summed E-state index contributed by atoms with van der Waals surface area (Å²) in [7, 11) is 0. The molecule has 9 heteroatoms. The van der Waals surface area contributed by atoms with Crippen molar-refractivity contribution >= 4 is 5.95 Å². The molecule has 17 heavy (non-hydrogen) atoms. The summed E-state index contributed by atoms with van der Waals surface area (Å²) in [5.74, 6) is -0.530. The van der Waals surface area contributed by atoms with Crippen LogP contribution in [0.1, 0.15) is 11.8 Å². The lowest BCUT2D eigenvalue weighted by atomic mass is 10.1. The van der Waals surface area contributed by atoms with Crippen LogP contribution in [0.15, 0.2) is 6.20 Å². The highest BCUT2D eigenvalue weighted by molar-refractivity contribution is 5.16. The van der Waals surface area contributed by atoms with Gasteiger partial charge in [-0.2, -0.15) is 0 Å². The lowest BCUT2D eigenvalue weighted by molar-refractivity contribution is -0.393. The van der Waals surface area contributed by atoms with Crippen LogP contribution in [0.3, 0.4) is 0 Å². The van der Waals surface area contributed by atoms with E-state index in [9.17, 15) is 19.6 Å². The molecule has 1 aliphatic heterocycles. The normalized spacial score (nSPS) is 32.9. The van der Waals surface area contributed by atoms with Crippen LogP contribution in [0.25, 0.3) is 0 Å². The molecule has 0 radical (unpaired) electrons. The second kappa shape index (κ2) is 4.35. The number of nitro groups is 1. The van der Waals surface area contributed by atoms with Crippen molar-refractivity contribution in [3.05, 3.63) is 22.0 Å². The Morgan fingerprint density at radius 2 is 2.41 bits per heavy atom. The van der Waals surface area contributed by atoms with E-state index in [1.807, 2.05) is 0 Å². The Labute approximate surface area is 94.2 Å². The van der Waals surface area contributed by atoms with Gasteiger partial charge in [0.25, 0.3) is 0 Å². The zero-order valence-corrected chi connectivity index (χ0v) is 8.49. The van der Waals surface area contributed by atoms with Crippen molar-refractivity contribution in [2.75, 3.05) is 6.61 Å². The third-order valence-electron chi connectivity index (χ3n) is 2.56. The molecule has 0 unspecified atom stereocenters. The molecule has 1 aliphatic rings. The minimum atomic E-state index is -1.77. The topological polar surface area (TPSA) is 122 Å². The number of aliphatic hydroxyl groups is 2. The van der Waals surface area contributed by atoms with E-state index in [-0.39, 0.29) is 5.69 Å².